The fourth-order valence-corrected chi connectivity index (χ4v) is 2.54. The quantitative estimate of drug-likeness (QED) is 0.677. The lowest BCUT2D eigenvalue weighted by Crippen LogP contribution is -2.14. The molecule has 0 radical (unpaired) electrons. The van der Waals surface area contributed by atoms with E-state index in [0.29, 0.717) is 34.7 Å². The summed E-state index contributed by atoms with van der Waals surface area (Å²) in [5, 5.41) is 4.47. The van der Waals surface area contributed by atoms with Crippen LogP contribution in [0.15, 0.2) is 48.5 Å². The number of aromatic nitrogens is 1. The maximum Gasteiger partial charge on any atom is 0.272 e. The van der Waals surface area contributed by atoms with E-state index in [0.717, 1.165) is 10.9 Å². The fourth-order valence-electron chi connectivity index (χ4n) is 2.36. The summed E-state index contributed by atoms with van der Waals surface area (Å²) in [6, 6.07) is 14.7. The molecular formula is C19H19ClN2O2. The van der Waals surface area contributed by atoms with Crippen LogP contribution in [0.5, 0.6) is 5.75 Å². The number of rotatable bonds is 5. The molecule has 1 heterocycles. The van der Waals surface area contributed by atoms with Crippen molar-refractivity contribution in [1.29, 1.82) is 0 Å². The van der Waals surface area contributed by atoms with E-state index in [1.54, 1.807) is 18.2 Å². The SMILES string of the molecule is CC(C)COc1ccccc1NC(=O)c1cc2ccc(Cl)cc2[nH]1. The third-order valence-electron chi connectivity index (χ3n) is 3.54. The van der Waals surface area contributed by atoms with Crippen LogP contribution < -0.4 is 10.1 Å². The van der Waals surface area contributed by atoms with Crippen molar-refractivity contribution in [2.45, 2.75) is 13.8 Å². The van der Waals surface area contributed by atoms with Gasteiger partial charge in [-0.05, 0) is 36.2 Å². The summed E-state index contributed by atoms with van der Waals surface area (Å²) < 4.78 is 5.77. The summed E-state index contributed by atoms with van der Waals surface area (Å²) in [5.41, 5.74) is 1.96. The van der Waals surface area contributed by atoms with E-state index in [4.69, 9.17) is 16.3 Å². The van der Waals surface area contributed by atoms with E-state index >= 15 is 0 Å². The maximum atomic E-state index is 12.5. The molecule has 24 heavy (non-hydrogen) atoms. The van der Waals surface area contributed by atoms with E-state index in [1.807, 2.05) is 30.3 Å². The van der Waals surface area contributed by atoms with Gasteiger partial charge in [0.15, 0.2) is 0 Å². The van der Waals surface area contributed by atoms with Crippen LogP contribution in [0.1, 0.15) is 24.3 Å². The highest BCUT2D eigenvalue weighted by atomic mass is 35.5. The number of anilines is 1. The average molecular weight is 343 g/mol. The molecule has 2 N–H and O–H groups in total. The van der Waals surface area contributed by atoms with Crippen LogP contribution >= 0.6 is 11.6 Å². The van der Waals surface area contributed by atoms with Crippen LogP contribution in [-0.2, 0) is 0 Å². The van der Waals surface area contributed by atoms with E-state index in [-0.39, 0.29) is 5.91 Å². The number of carbonyl (C=O) groups is 1. The van der Waals surface area contributed by atoms with Gasteiger partial charge in [0.25, 0.3) is 5.91 Å². The number of benzene rings is 2. The first kappa shape index (κ1) is 16.4. The summed E-state index contributed by atoms with van der Waals surface area (Å²) in [6.07, 6.45) is 0. The van der Waals surface area contributed by atoms with Gasteiger partial charge in [-0.15, -0.1) is 0 Å². The highest BCUT2D eigenvalue weighted by Gasteiger charge is 2.13. The van der Waals surface area contributed by atoms with Crippen molar-refractivity contribution in [2.75, 3.05) is 11.9 Å². The van der Waals surface area contributed by atoms with Crippen molar-refractivity contribution >= 4 is 34.1 Å². The number of carbonyl (C=O) groups excluding carboxylic acids is 1. The van der Waals surface area contributed by atoms with Crippen LogP contribution in [0, 0.1) is 5.92 Å². The molecule has 0 unspecified atom stereocenters. The Balaban J connectivity index is 1.81. The van der Waals surface area contributed by atoms with Gasteiger partial charge in [-0.1, -0.05) is 43.6 Å². The number of amides is 1. The Morgan fingerprint density at radius 2 is 2.00 bits per heavy atom. The Morgan fingerprint density at radius 3 is 2.79 bits per heavy atom. The van der Waals surface area contributed by atoms with Crippen LogP contribution in [-0.4, -0.2) is 17.5 Å². The number of hydrogen-bond donors (Lipinski definition) is 2. The molecular weight excluding hydrogens is 324 g/mol. The van der Waals surface area contributed by atoms with Gasteiger partial charge in [0, 0.05) is 15.9 Å². The molecule has 0 saturated carbocycles. The van der Waals surface area contributed by atoms with Gasteiger partial charge in [0.1, 0.15) is 11.4 Å². The van der Waals surface area contributed by atoms with Crippen molar-refractivity contribution in [3.8, 4) is 5.75 Å². The Kier molecular flexibility index (Phi) is 4.76. The minimum absolute atomic E-state index is 0.220. The van der Waals surface area contributed by atoms with Crippen molar-refractivity contribution in [2.24, 2.45) is 5.92 Å². The molecule has 1 amide bonds. The Bertz CT molecular complexity index is 871. The lowest BCUT2D eigenvalue weighted by atomic mass is 10.2. The smallest absolute Gasteiger partial charge is 0.272 e. The van der Waals surface area contributed by atoms with E-state index in [2.05, 4.69) is 24.1 Å². The third-order valence-corrected chi connectivity index (χ3v) is 3.77. The second-order valence-electron chi connectivity index (χ2n) is 6.07. The standard InChI is InChI=1S/C19H19ClN2O2/c1-12(2)11-24-18-6-4-3-5-15(18)22-19(23)17-9-13-7-8-14(20)10-16(13)21-17/h3-10,12,21H,11H2,1-2H3,(H,22,23). The molecule has 0 aliphatic carbocycles. The van der Waals surface area contributed by atoms with Crippen LogP contribution in [0.2, 0.25) is 5.02 Å². The normalized spacial score (nSPS) is 11.0. The Labute approximate surface area is 145 Å². The molecule has 0 bridgehead atoms. The van der Waals surface area contributed by atoms with E-state index in [1.165, 1.54) is 0 Å². The molecule has 0 saturated heterocycles. The van der Waals surface area contributed by atoms with Crippen molar-refractivity contribution in [1.82, 2.24) is 4.98 Å². The van der Waals surface area contributed by atoms with Gasteiger partial charge in [-0.3, -0.25) is 4.79 Å². The first-order valence-corrected chi connectivity index (χ1v) is 8.22. The molecule has 0 aliphatic heterocycles. The highest BCUT2D eigenvalue weighted by molar-refractivity contribution is 6.31. The molecule has 5 heteroatoms. The van der Waals surface area contributed by atoms with Gasteiger partial charge in [0.2, 0.25) is 0 Å². The number of hydrogen-bond acceptors (Lipinski definition) is 2. The van der Waals surface area contributed by atoms with Gasteiger partial charge < -0.3 is 15.0 Å². The molecule has 0 atom stereocenters. The van der Waals surface area contributed by atoms with Crippen molar-refractivity contribution < 1.29 is 9.53 Å². The number of aromatic amines is 1. The molecule has 2 aromatic carbocycles. The van der Waals surface area contributed by atoms with E-state index < -0.39 is 0 Å². The predicted molar refractivity (Wildman–Crippen MR) is 98.0 cm³/mol. The number of nitrogens with one attached hydrogen (secondary N) is 2. The second kappa shape index (κ2) is 6.97. The summed E-state index contributed by atoms with van der Waals surface area (Å²) in [7, 11) is 0. The van der Waals surface area contributed by atoms with Crippen LogP contribution in [0.4, 0.5) is 5.69 Å². The Hall–Kier alpha value is -2.46. The van der Waals surface area contributed by atoms with Gasteiger partial charge in [-0.2, -0.15) is 0 Å². The zero-order valence-corrected chi connectivity index (χ0v) is 14.4. The van der Waals surface area contributed by atoms with Crippen molar-refractivity contribution in [3.05, 3.63) is 59.2 Å². The zero-order chi connectivity index (χ0) is 17.1. The molecule has 0 fully saturated rings. The molecule has 0 aliphatic rings. The number of H-pyrrole nitrogens is 1. The molecule has 1 aromatic heterocycles. The van der Waals surface area contributed by atoms with Crippen LogP contribution in [0.3, 0.4) is 0 Å². The number of fused-ring (bicyclic) bond motifs is 1. The largest absolute Gasteiger partial charge is 0.491 e. The minimum atomic E-state index is -0.220. The second-order valence-corrected chi connectivity index (χ2v) is 6.51. The topological polar surface area (TPSA) is 54.1 Å². The van der Waals surface area contributed by atoms with Gasteiger partial charge in [-0.25, -0.2) is 0 Å². The molecule has 124 valence electrons. The highest BCUT2D eigenvalue weighted by Crippen LogP contribution is 2.26. The first-order chi connectivity index (χ1) is 11.5. The summed E-state index contributed by atoms with van der Waals surface area (Å²) in [4.78, 5) is 15.6. The van der Waals surface area contributed by atoms with Crippen LogP contribution in [0.25, 0.3) is 10.9 Å². The lowest BCUT2D eigenvalue weighted by Gasteiger charge is -2.13. The maximum absolute atomic E-state index is 12.5. The number of ether oxygens (including phenoxy) is 1. The van der Waals surface area contributed by atoms with E-state index in [9.17, 15) is 4.79 Å². The monoisotopic (exact) mass is 342 g/mol. The molecule has 3 aromatic rings. The van der Waals surface area contributed by atoms with Gasteiger partial charge >= 0.3 is 0 Å². The number of halogens is 1. The molecule has 3 rings (SSSR count). The minimum Gasteiger partial charge on any atom is -0.491 e. The average Bonchev–Trinajstić information content (AvgIpc) is 2.97. The lowest BCUT2D eigenvalue weighted by molar-refractivity contribution is 0.102. The summed E-state index contributed by atoms with van der Waals surface area (Å²) in [5.74, 6) is 0.855. The fraction of sp³-hybridized carbons (Fsp3) is 0.211. The molecule has 0 spiro atoms. The number of para-hydroxylation sites is 2. The molecule has 4 nitrogen and oxygen atoms in total. The summed E-state index contributed by atoms with van der Waals surface area (Å²) in [6.45, 7) is 4.76. The predicted octanol–water partition coefficient (Wildman–Crippen LogP) is 5.11. The summed E-state index contributed by atoms with van der Waals surface area (Å²) >= 11 is 5.98. The third kappa shape index (κ3) is 3.71. The van der Waals surface area contributed by atoms with Crippen molar-refractivity contribution in [3.63, 3.8) is 0 Å². The zero-order valence-electron chi connectivity index (χ0n) is 13.6. The Morgan fingerprint density at radius 1 is 1.21 bits per heavy atom. The van der Waals surface area contributed by atoms with Gasteiger partial charge in [0.05, 0.1) is 12.3 Å². The first-order valence-electron chi connectivity index (χ1n) is 7.84.